The first-order valence-corrected chi connectivity index (χ1v) is 10.9. The van der Waals surface area contributed by atoms with Crippen LogP contribution in [0.15, 0.2) is 42.5 Å². The number of carboxylic acids is 1. The van der Waals surface area contributed by atoms with Crippen molar-refractivity contribution in [1.29, 1.82) is 0 Å². The third-order valence-electron chi connectivity index (χ3n) is 6.78. The highest BCUT2D eigenvalue weighted by Gasteiger charge is 2.45. The van der Waals surface area contributed by atoms with Gasteiger partial charge >= 0.3 is 5.97 Å². The van der Waals surface area contributed by atoms with Crippen molar-refractivity contribution in [2.75, 3.05) is 0 Å². The average molecular weight is 468 g/mol. The number of aromatic hydroxyl groups is 2. The number of aliphatic hydroxyl groups excluding tert-OH is 1. The number of phenols is 2. The average Bonchev–Trinajstić information content (AvgIpc) is 2.83. The van der Waals surface area contributed by atoms with Crippen LogP contribution in [-0.4, -0.2) is 52.4 Å². The Morgan fingerprint density at radius 2 is 1.66 bits per heavy atom. The Morgan fingerprint density at radius 3 is 2.49 bits per heavy atom. The zero-order chi connectivity index (χ0) is 24.0. The number of para-hydroxylation sites is 1. The first-order valence-electron chi connectivity index (χ1n) is 10.9. The molecule has 2 bridgehead atoms. The molecule has 0 amide bonds. The standard InChI is InChI=1S/C25H16N4O6/c30-15-3-1-2-12-18(15)28-20-14(26-12)8-11-9-4-6-13-19(23(9)35-24(20)22(11)32)29-21-16(31)7-5-10(25(33)34)17(21)27-13/h1-7,11,22,24,30-32H,8H2,(H,33,34)/t11-,22-,24-/m1/s1. The summed E-state index contributed by atoms with van der Waals surface area (Å²) in [6.07, 6.45) is -1.34. The molecule has 35 heavy (non-hydrogen) atoms. The molecule has 0 saturated heterocycles. The summed E-state index contributed by atoms with van der Waals surface area (Å²) in [6, 6.07) is 11.0. The minimum absolute atomic E-state index is 0.0156. The molecule has 0 unspecified atom stereocenters. The summed E-state index contributed by atoms with van der Waals surface area (Å²) in [4.78, 5) is 30.0. The SMILES string of the molecule is O=C(O)c1ccc(O)c2nc3c4c(ccc3nc12)[C@H]1Cc2nc3cccc(O)c3nc2[C@@H](O4)[C@@H]1O. The third-order valence-corrected chi connectivity index (χ3v) is 6.78. The van der Waals surface area contributed by atoms with Crippen molar-refractivity contribution in [2.45, 2.75) is 24.5 Å². The molecule has 2 aliphatic rings. The van der Waals surface area contributed by atoms with Gasteiger partial charge in [-0.15, -0.1) is 0 Å². The van der Waals surface area contributed by atoms with Crippen molar-refractivity contribution in [3.05, 3.63) is 65.0 Å². The second-order valence-electron chi connectivity index (χ2n) is 8.75. The number of aromatic carboxylic acids is 1. The summed E-state index contributed by atoms with van der Waals surface area (Å²) in [6.45, 7) is 0. The highest BCUT2D eigenvalue weighted by Crippen LogP contribution is 2.50. The molecule has 0 fully saturated rings. The van der Waals surface area contributed by atoms with Gasteiger partial charge in [-0.3, -0.25) is 0 Å². The Labute approximate surface area is 196 Å². The maximum absolute atomic E-state index is 11.7. The van der Waals surface area contributed by atoms with E-state index in [0.717, 1.165) is 0 Å². The van der Waals surface area contributed by atoms with E-state index in [9.17, 15) is 25.2 Å². The molecule has 3 aromatic carbocycles. The number of hydrogen-bond donors (Lipinski definition) is 4. The van der Waals surface area contributed by atoms with E-state index in [1.807, 2.05) is 0 Å². The molecule has 1 aliphatic heterocycles. The van der Waals surface area contributed by atoms with E-state index < -0.39 is 18.2 Å². The van der Waals surface area contributed by atoms with Gasteiger partial charge in [-0.2, -0.15) is 0 Å². The Bertz CT molecular complexity index is 1750. The van der Waals surface area contributed by atoms with Crippen LogP contribution in [0.2, 0.25) is 0 Å². The van der Waals surface area contributed by atoms with Gasteiger partial charge in [0.05, 0.1) is 22.3 Å². The van der Waals surface area contributed by atoms with Crippen LogP contribution >= 0.6 is 0 Å². The summed E-state index contributed by atoms with van der Waals surface area (Å²) in [5.74, 6) is -1.35. The fraction of sp³-hybridized carbons (Fsp3) is 0.160. The van der Waals surface area contributed by atoms with Gasteiger partial charge in [0.25, 0.3) is 0 Å². The number of aromatic nitrogens is 4. The molecule has 172 valence electrons. The van der Waals surface area contributed by atoms with Crippen LogP contribution in [0.3, 0.4) is 0 Å². The number of carbonyl (C=O) groups is 1. The van der Waals surface area contributed by atoms with Crippen molar-refractivity contribution >= 4 is 39.1 Å². The Balaban J connectivity index is 1.46. The Morgan fingerprint density at radius 1 is 0.857 bits per heavy atom. The van der Waals surface area contributed by atoms with E-state index in [-0.39, 0.29) is 34.0 Å². The first kappa shape index (κ1) is 19.9. The number of hydrogen-bond acceptors (Lipinski definition) is 9. The minimum Gasteiger partial charge on any atom is -0.506 e. The lowest BCUT2D eigenvalue weighted by molar-refractivity contribution is -0.0106. The largest absolute Gasteiger partial charge is 0.506 e. The van der Waals surface area contributed by atoms with Crippen molar-refractivity contribution in [2.24, 2.45) is 0 Å². The van der Waals surface area contributed by atoms with Crippen molar-refractivity contribution in [3.8, 4) is 17.2 Å². The zero-order valence-corrected chi connectivity index (χ0v) is 17.9. The lowest BCUT2D eigenvalue weighted by atomic mass is 9.77. The first-order chi connectivity index (χ1) is 16.9. The van der Waals surface area contributed by atoms with Gasteiger partial charge in [-0.1, -0.05) is 12.1 Å². The second kappa shape index (κ2) is 6.73. The summed E-state index contributed by atoms with van der Waals surface area (Å²) in [5, 5.41) is 41.3. The molecular weight excluding hydrogens is 452 g/mol. The van der Waals surface area contributed by atoms with Crippen LogP contribution in [0.25, 0.3) is 33.1 Å². The minimum atomic E-state index is -1.18. The maximum Gasteiger partial charge on any atom is 0.337 e. The number of phenolic OH excluding ortho intramolecular Hbond substituents is 2. The number of rotatable bonds is 1. The molecule has 10 nitrogen and oxygen atoms in total. The lowest BCUT2D eigenvalue weighted by Gasteiger charge is -2.40. The van der Waals surface area contributed by atoms with E-state index in [1.54, 1.807) is 24.3 Å². The zero-order valence-electron chi connectivity index (χ0n) is 17.9. The molecule has 0 spiro atoms. The molecule has 1 aliphatic carbocycles. The summed E-state index contributed by atoms with van der Waals surface area (Å²) >= 11 is 0. The Hall–Kier alpha value is -4.57. The van der Waals surface area contributed by atoms with Gasteiger partial charge in [-0.25, -0.2) is 24.7 Å². The quantitative estimate of drug-likeness (QED) is 0.269. The summed E-state index contributed by atoms with van der Waals surface area (Å²) < 4.78 is 6.28. The monoisotopic (exact) mass is 468 g/mol. The number of carboxylic acid groups (broad SMARTS) is 1. The molecule has 10 heteroatoms. The van der Waals surface area contributed by atoms with Gasteiger partial charge in [-0.05, 0) is 30.3 Å². The molecule has 3 heterocycles. The van der Waals surface area contributed by atoms with Gasteiger partial charge < -0.3 is 25.2 Å². The van der Waals surface area contributed by atoms with E-state index in [4.69, 9.17) is 4.74 Å². The molecule has 4 N–H and O–H groups in total. The smallest absolute Gasteiger partial charge is 0.337 e. The van der Waals surface area contributed by atoms with E-state index in [1.165, 1.54) is 18.2 Å². The molecule has 2 aromatic heterocycles. The predicted octanol–water partition coefficient (Wildman–Crippen LogP) is 2.97. The molecule has 3 atom stereocenters. The number of fused-ring (bicyclic) bond motifs is 10. The molecular formula is C25H16N4O6. The number of aliphatic hydroxyl groups is 1. The topological polar surface area (TPSA) is 159 Å². The highest BCUT2D eigenvalue weighted by molar-refractivity contribution is 6.05. The van der Waals surface area contributed by atoms with Gasteiger partial charge in [0.15, 0.2) is 11.9 Å². The molecule has 7 rings (SSSR count). The Kier molecular flexibility index (Phi) is 3.82. The maximum atomic E-state index is 11.7. The fourth-order valence-corrected chi connectivity index (χ4v) is 5.13. The van der Waals surface area contributed by atoms with E-state index >= 15 is 0 Å². The number of ether oxygens (including phenoxy) is 1. The normalized spacial score (nSPS) is 20.4. The number of benzene rings is 3. The van der Waals surface area contributed by atoms with Crippen LogP contribution in [0.1, 0.15) is 39.3 Å². The lowest BCUT2D eigenvalue weighted by Crippen LogP contribution is -2.40. The van der Waals surface area contributed by atoms with Crippen molar-refractivity contribution < 1.29 is 30.0 Å². The van der Waals surface area contributed by atoms with E-state index in [0.29, 0.717) is 51.2 Å². The van der Waals surface area contributed by atoms with Crippen LogP contribution in [0.4, 0.5) is 0 Å². The van der Waals surface area contributed by atoms with Crippen LogP contribution in [0, 0.1) is 0 Å². The van der Waals surface area contributed by atoms with Gasteiger partial charge in [0, 0.05) is 17.9 Å². The molecule has 0 radical (unpaired) electrons. The predicted molar refractivity (Wildman–Crippen MR) is 123 cm³/mol. The third kappa shape index (κ3) is 2.65. The van der Waals surface area contributed by atoms with Gasteiger partial charge in [0.2, 0.25) is 0 Å². The van der Waals surface area contributed by atoms with Crippen molar-refractivity contribution in [3.63, 3.8) is 0 Å². The summed E-state index contributed by atoms with van der Waals surface area (Å²) in [5.41, 5.74) is 3.48. The van der Waals surface area contributed by atoms with Gasteiger partial charge in [0.1, 0.15) is 45.4 Å². The summed E-state index contributed by atoms with van der Waals surface area (Å²) in [7, 11) is 0. The molecule has 5 aromatic rings. The van der Waals surface area contributed by atoms with Crippen LogP contribution in [-0.2, 0) is 6.42 Å². The highest BCUT2D eigenvalue weighted by atomic mass is 16.5. The van der Waals surface area contributed by atoms with Crippen LogP contribution in [0.5, 0.6) is 17.2 Å². The van der Waals surface area contributed by atoms with E-state index in [2.05, 4.69) is 19.9 Å². The van der Waals surface area contributed by atoms with Crippen LogP contribution < -0.4 is 4.74 Å². The van der Waals surface area contributed by atoms with Crippen molar-refractivity contribution in [1.82, 2.24) is 19.9 Å². The second-order valence-corrected chi connectivity index (χ2v) is 8.75. The fourth-order valence-electron chi connectivity index (χ4n) is 5.13. The molecule has 0 saturated carbocycles. The number of nitrogens with zero attached hydrogens (tertiary/aromatic N) is 4.